The van der Waals surface area contributed by atoms with E-state index in [0.717, 1.165) is 0 Å². The molecular weight excluding hydrogens is 221 g/mol. The molecule has 1 fully saturated rings. The first-order valence-corrected chi connectivity index (χ1v) is 3.83. The summed E-state index contributed by atoms with van der Waals surface area (Å²) in [6, 6.07) is 0.148. The van der Waals surface area contributed by atoms with Crippen LogP contribution in [0.1, 0.15) is 12.8 Å². The van der Waals surface area contributed by atoms with Gasteiger partial charge in [0.1, 0.15) is 0 Å². The van der Waals surface area contributed by atoms with Gasteiger partial charge in [-0.2, -0.15) is 0 Å². The molecule has 0 aromatic carbocycles. The zero-order valence-corrected chi connectivity index (χ0v) is 9.14. The lowest BCUT2D eigenvalue weighted by molar-refractivity contribution is -0.0731. The third kappa shape index (κ3) is 4.40. The minimum absolute atomic E-state index is 0. The first-order chi connectivity index (χ1) is 5.05. The predicted octanol–water partition coefficient (Wildman–Crippen LogP) is 1.52. The zero-order chi connectivity index (χ0) is 8.48. The van der Waals surface area contributed by atoms with E-state index in [1.54, 1.807) is 11.9 Å². The van der Waals surface area contributed by atoms with Crippen molar-refractivity contribution >= 4 is 24.8 Å². The fourth-order valence-corrected chi connectivity index (χ4v) is 1.47. The van der Waals surface area contributed by atoms with Gasteiger partial charge >= 0.3 is 0 Å². The topological polar surface area (TPSA) is 29.3 Å². The third-order valence-electron chi connectivity index (χ3n) is 2.22. The van der Waals surface area contributed by atoms with Gasteiger partial charge in [0, 0.05) is 19.0 Å². The lowest BCUT2D eigenvalue weighted by Crippen LogP contribution is -2.49. The van der Waals surface area contributed by atoms with Crippen LogP contribution in [0.5, 0.6) is 0 Å². The molecule has 0 saturated carbocycles. The lowest BCUT2D eigenvalue weighted by atomic mass is 10.0. The third-order valence-corrected chi connectivity index (χ3v) is 2.22. The summed E-state index contributed by atoms with van der Waals surface area (Å²) in [4.78, 5) is 1.64. The van der Waals surface area contributed by atoms with E-state index in [4.69, 9.17) is 5.73 Å². The highest BCUT2D eigenvalue weighted by molar-refractivity contribution is 5.85. The summed E-state index contributed by atoms with van der Waals surface area (Å²) in [5.41, 5.74) is 5.40. The fraction of sp³-hybridized carbons (Fsp3) is 1.00. The number of rotatable bonds is 1. The molecule has 0 spiro atoms. The van der Waals surface area contributed by atoms with Crippen LogP contribution < -0.4 is 5.73 Å². The molecule has 6 heteroatoms. The standard InChI is InChI=1S/C7H14F2N2.2ClH/c1-11-5-7(8,9)3-2-6(11)4-10;;/h6H,2-5,10H2,1H3;2*1H/t6-;;/m1../s1. The Bertz CT molecular complexity index is 146. The molecule has 0 radical (unpaired) electrons. The molecule has 1 heterocycles. The van der Waals surface area contributed by atoms with Crippen molar-refractivity contribution in [3.05, 3.63) is 0 Å². The second kappa shape index (κ2) is 5.96. The van der Waals surface area contributed by atoms with Gasteiger partial charge in [-0.15, -0.1) is 24.8 Å². The van der Waals surface area contributed by atoms with Crippen LogP contribution in [0.4, 0.5) is 8.78 Å². The second-order valence-corrected chi connectivity index (χ2v) is 3.20. The molecule has 0 aromatic heterocycles. The zero-order valence-electron chi connectivity index (χ0n) is 7.50. The van der Waals surface area contributed by atoms with E-state index in [1.165, 1.54) is 0 Å². The largest absolute Gasteiger partial charge is 0.329 e. The Balaban J connectivity index is 0. The number of likely N-dealkylation sites (N-methyl/N-ethyl adjacent to an activating group) is 1. The highest BCUT2D eigenvalue weighted by Crippen LogP contribution is 2.28. The molecule has 1 aliphatic heterocycles. The number of likely N-dealkylation sites (tertiary alicyclic amines) is 1. The van der Waals surface area contributed by atoms with Gasteiger partial charge in [-0.25, -0.2) is 8.78 Å². The minimum Gasteiger partial charge on any atom is -0.329 e. The summed E-state index contributed by atoms with van der Waals surface area (Å²) in [6.45, 7) is 0.335. The Labute approximate surface area is 89.7 Å². The number of alkyl halides is 2. The van der Waals surface area contributed by atoms with Crippen molar-refractivity contribution in [2.45, 2.75) is 24.8 Å². The molecule has 1 rings (SSSR count). The summed E-state index contributed by atoms with van der Waals surface area (Å²) in [5, 5.41) is 0. The Hall–Kier alpha value is 0.360. The van der Waals surface area contributed by atoms with E-state index in [9.17, 15) is 8.78 Å². The molecule has 2 N–H and O–H groups in total. The van der Waals surface area contributed by atoms with Gasteiger partial charge in [-0.3, -0.25) is 4.90 Å². The monoisotopic (exact) mass is 236 g/mol. The van der Waals surface area contributed by atoms with Crippen molar-refractivity contribution in [3.8, 4) is 0 Å². The normalized spacial score (nSPS) is 27.2. The van der Waals surface area contributed by atoms with E-state index in [1.807, 2.05) is 0 Å². The van der Waals surface area contributed by atoms with Crippen molar-refractivity contribution in [2.75, 3.05) is 20.1 Å². The van der Waals surface area contributed by atoms with Crippen LogP contribution in [-0.4, -0.2) is 37.0 Å². The molecule has 0 bridgehead atoms. The molecule has 0 aliphatic carbocycles. The van der Waals surface area contributed by atoms with E-state index in [0.29, 0.717) is 13.0 Å². The summed E-state index contributed by atoms with van der Waals surface area (Å²) >= 11 is 0. The van der Waals surface area contributed by atoms with Crippen LogP contribution in [0.3, 0.4) is 0 Å². The number of hydrogen-bond acceptors (Lipinski definition) is 2. The number of nitrogens with two attached hydrogens (primary N) is 1. The number of nitrogens with zero attached hydrogens (tertiary/aromatic N) is 1. The van der Waals surface area contributed by atoms with Crippen molar-refractivity contribution in [3.63, 3.8) is 0 Å². The highest BCUT2D eigenvalue weighted by atomic mass is 35.5. The van der Waals surface area contributed by atoms with Crippen LogP contribution in [0, 0.1) is 0 Å². The lowest BCUT2D eigenvalue weighted by Gasteiger charge is -2.36. The first-order valence-electron chi connectivity index (χ1n) is 3.83. The average molecular weight is 237 g/mol. The Morgan fingerprint density at radius 2 is 2.00 bits per heavy atom. The molecule has 1 aliphatic rings. The van der Waals surface area contributed by atoms with Crippen LogP contribution in [0.2, 0.25) is 0 Å². The molecule has 0 unspecified atom stereocenters. The number of hydrogen-bond donors (Lipinski definition) is 1. The van der Waals surface area contributed by atoms with Gasteiger partial charge in [-0.05, 0) is 13.5 Å². The van der Waals surface area contributed by atoms with Gasteiger partial charge < -0.3 is 5.73 Å². The predicted molar refractivity (Wildman–Crippen MR) is 54.1 cm³/mol. The van der Waals surface area contributed by atoms with E-state index < -0.39 is 5.92 Å². The smallest absolute Gasteiger partial charge is 0.260 e. The molecule has 1 saturated heterocycles. The number of halogens is 4. The maximum absolute atomic E-state index is 12.7. The van der Waals surface area contributed by atoms with E-state index in [-0.39, 0.29) is 43.8 Å². The van der Waals surface area contributed by atoms with Gasteiger partial charge in [-0.1, -0.05) is 0 Å². The SMILES string of the molecule is CN1CC(F)(F)CC[C@@H]1CN.Cl.Cl. The molecular formula is C7H16Cl2F2N2. The van der Waals surface area contributed by atoms with Crippen molar-refractivity contribution in [1.82, 2.24) is 4.90 Å². The molecule has 2 nitrogen and oxygen atoms in total. The first kappa shape index (κ1) is 15.8. The van der Waals surface area contributed by atoms with Gasteiger partial charge in [0.05, 0.1) is 6.54 Å². The van der Waals surface area contributed by atoms with E-state index in [2.05, 4.69) is 0 Å². The fourth-order valence-electron chi connectivity index (χ4n) is 1.47. The van der Waals surface area contributed by atoms with Gasteiger partial charge in [0.15, 0.2) is 0 Å². The van der Waals surface area contributed by atoms with Crippen LogP contribution in [0.15, 0.2) is 0 Å². The quantitative estimate of drug-likeness (QED) is 0.749. The van der Waals surface area contributed by atoms with Crippen LogP contribution in [0.25, 0.3) is 0 Å². The van der Waals surface area contributed by atoms with Crippen molar-refractivity contribution in [1.29, 1.82) is 0 Å². The molecule has 82 valence electrons. The van der Waals surface area contributed by atoms with Gasteiger partial charge in [0.25, 0.3) is 5.92 Å². The maximum Gasteiger partial charge on any atom is 0.260 e. The number of piperidine rings is 1. The summed E-state index contributed by atoms with van der Waals surface area (Å²) < 4.78 is 25.4. The Morgan fingerprint density at radius 1 is 1.46 bits per heavy atom. The molecule has 1 atom stereocenters. The highest BCUT2D eigenvalue weighted by Gasteiger charge is 2.37. The van der Waals surface area contributed by atoms with Crippen molar-refractivity contribution in [2.24, 2.45) is 5.73 Å². The van der Waals surface area contributed by atoms with Crippen molar-refractivity contribution < 1.29 is 8.78 Å². The van der Waals surface area contributed by atoms with Gasteiger partial charge in [0.2, 0.25) is 0 Å². The van der Waals surface area contributed by atoms with Crippen LogP contribution >= 0.6 is 24.8 Å². The molecule has 0 aromatic rings. The Kier molecular flexibility index (Phi) is 7.25. The summed E-state index contributed by atoms with van der Waals surface area (Å²) in [7, 11) is 1.70. The second-order valence-electron chi connectivity index (χ2n) is 3.20. The molecule has 0 amide bonds. The van der Waals surface area contributed by atoms with E-state index >= 15 is 0 Å². The average Bonchev–Trinajstić information content (AvgIpc) is 1.86. The Morgan fingerprint density at radius 3 is 2.38 bits per heavy atom. The maximum atomic E-state index is 12.7. The molecule has 13 heavy (non-hydrogen) atoms. The summed E-state index contributed by atoms with van der Waals surface area (Å²) in [6.07, 6.45) is 0.499. The van der Waals surface area contributed by atoms with Crippen LogP contribution in [-0.2, 0) is 0 Å². The summed E-state index contributed by atoms with van der Waals surface area (Å²) in [5.74, 6) is -2.50. The minimum atomic E-state index is -2.50.